The minimum Gasteiger partial charge on any atom is -0.799 e. The second-order valence-corrected chi connectivity index (χ2v) is 11.3. The SMILES string of the molecule is O=P([O-])([O-])NS(=O)(=O)c1cncc(-c2nc(NCc3ccccn3)c3c(-c4ccccc4)cccc3n2)c1.[Na+].[Na+]. The number of rotatable bonds is 8. The Morgan fingerprint density at radius 2 is 1.60 bits per heavy atom. The maximum absolute atomic E-state index is 12.4. The van der Waals surface area contributed by atoms with Gasteiger partial charge in [-0.05, 0) is 35.4 Å². The average molecular weight is 592 g/mol. The number of sulfonamides is 1. The summed E-state index contributed by atoms with van der Waals surface area (Å²) >= 11 is 0. The Balaban J connectivity index is 0.00000220. The van der Waals surface area contributed by atoms with Crippen LogP contribution in [-0.2, 0) is 21.1 Å². The summed E-state index contributed by atoms with van der Waals surface area (Å²) in [5.74, 6) is 0.619. The largest absolute Gasteiger partial charge is 1.00 e. The number of aromatic nitrogens is 4. The fraction of sp³-hybridized carbons (Fsp3) is 0.0400. The summed E-state index contributed by atoms with van der Waals surface area (Å²) in [5.41, 5.74) is 3.40. The van der Waals surface area contributed by atoms with Gasteiger partial charge in [0.05, 0.1) is 23.1 Å². The molecule has 15 heteroatoms. The fourth-order valence-electron chi connectivity index (χ4n) is 3.86. The van der Waals surface area contributed by atoms with Crippen LogP contribution in [0.2, 0.25) is 0 Å². The van der Waals surface area contributed by atoms with Gasteiger partial charge in [0.15, 0.2) is 5.82 Å². The molecule has 40 heavy (non-hydrogen) atoms. The van der Waals surface area contributed by atoms with E-state index >= 15 is 0 Å². The molecule has 0 fully saturated rings. The zero-order chi connectivity index (χ0) is 26.8. The van der Waals surface area contributed by atoms with Crippen molar-refractivity contribution in [3.8, 4) is 22.5 Å². The smallest absolute Gasteiger partial charge is 0.799 e. The number of nitrogens with one attached hydrogen (secondary N) is 2. The van der Waals surface area contributed by atoms with Crippen molar-refractivity contribution in [1.82, 2.24) is 24.4 Å². The van der Waals surface area contributed by atoms with Gasteiger partial charge in [0.2, 0.25) is 10.0 Å². The molecular weight excluding hydrogens is 573 g/mol. The van der Waals surface area contributed by atoms with Crippen LogP contribution < -0.4 is 78.7 Å². The first-order valence-electron chi connectivity index (χ1n) is 11.2. The number of benzene rings is 2. The summed E-state index contributed by atoms with van der Waals surface area (Å²) in [6.07, 6.45) is 3.96. The number of anilines is 1. The van der Waals surface area contributed by atoms with Crippen LogP contribution >= 0.6 is 7.75 Å². The molecule has 11 nitrogen and oxygen atoms in total. The van der Waals surface area contributed by atoms with Crippen molar-refractivity contribution in [2.45, 2.75) is 11.4 Å². The number of nitrogens with zero attached hydrogens (tertiary/aromatic N) is 4. The van der Waals surface area contributed by atoms with E-state index in [4.69, 9.17) is 0 Å². The third kappa shape index (κ3) is 7.81. The van der Waals surface area contributed by atoms with Gasteiger partial charge in [-0.15, -0.1) is 0 Å². The van der Waals surface area contributed by atoms with Crippen LogP contribution in [0.3, 0.4) is 0 Å². The van der Waals surface area contributed by atoms with Crippen molar-refractivity contribution >= 4 is 34.5 Å². The summed E-state index contributed by atoms with van der Waals surface area (Å²) < 4.78 is 36.9. The van der Waals surface area contributed by atoms with E-state index in [1.807, 2.05) is 60.7 Å². The van der Waals surface area contributed by atoms with Crippen LogP contribution in [-0.4, -0.2) is 28.4 Å². The van der Waals surface area contributed by atoms with Crippen molar-refractivity contribution < 1.29 is 81.9 Å². The van der Waals surface area contributed by atoms with E-state index in [1.165, 1.54) is 6.20 Å². The second-order valence-electron chi connectivity index (χ2n) is 8.14. The molecule has 5 rings (SSSR count). The maximum Gasteiger partial charge on any atom is 1.00 e. The van der Waals surface area contributed by atoms with Gasteiger partial charge < -0.3 is 19.7 Å². The van der Waals surface area contributed by atoms with Gasteiger partial charge in [-0.1, -0.05) is 48.5 Å². The Bertz CT molecular complexity index is 1780. The van der Waals surface area contributed by atoms with Crippen LogP contribution in [0.4, 0.5) is 5.82 Å². The Morgan fingerprint density at radius 3 is 2.30 bits per heavy atom. The van der Waals surface area contributed by atoms with Crippen LogP contribution in [0.25, 0.3) is 33.4 Å². The monoisotopic (exact) mass is 592 g/mol. The zero-order valence-corrected chi connectivity index (χ0v) is 27.3. The summed E-state index contributed by atoms with van der Waals surface area (Å²) in [6, 6.07) is 22.0. The number of fused-ring (bicyclic) bond motifs is 1. The van der Waals surface area contributed by atoms with E-state index in [1.54, 1.807) is 12.3 Å². The summed E-state index contributed by atoms with van der Waals surface area (Å²) in [4.78, 5) is 39.1. The summed E-state index contributed by atoms with van der Waals surface area (Å²) in [5, 5.41) is 4.06. The Morgan fingerprint density at radius 1 is 0.850 bits per heavy atom. The van der Waals surface area contributed by atoms with Gasteiger partial charge >= 0.3 is 59.1 Å². The first-order valence-corrected chi connectivity index (χ1v) is 14.2. The maximum atomic E-state index is 12.4. The quantitative estimate of drug-likeness (QED) is 0.136. The van der Waals surface area contributed by atoms with Crippen molar-refractivity contribution in [1.29, 1.82) is 0 Å². The summed E-state index contributed by atoms with van der Waals surface area (Å²) in [6.45, 7) is 0.356. The molecule has 0 aliphatic carbocycles. The van der Waals surface area contributed by atoms with Crippen molar-refractivity contribution in [3.05, 3.63) is 97.1 Å². The molecule has 0 aliphatic heterocycles. The van der Waals surface area contributed by atoms with Gasteiger partial charge in [0.1, 0.15) is 10.7 Å². The third-order valence-corrected chi connectivity index (χ3v) is 8.18. The third-order valence-electron chi connectivity index (χ3n) is 5.48. The van der Waals surface area contributed by atoms with Crippen molar-refractivity contribution in [2.24, 2.45) is 0 Å². The number of hydrogen-bond donors (Lipinski definition) is 2. The Kier molecular flexibility index (Phi) is 11.1. The zero-order valence-electron chi connectivity index (χ0n) is 21.6. The molecule has 0 spiro atoms. The van der Waals surface area contributed by atoms with E-state index in [9.17, 15) is 22.8 Å². The van der Waals surface area contributed by atoms with Crippen molar-refractivity contribution in [3.63, 3.8) is 0 Å². The topological polar surface area (TPSA) is 173 Å². The Hall–Kier alpha value is -2.06. The van der Waals surface area contributed by atoms with Gasteiger partial charge in [0.25, 0.3) is 0 Å². The van der Waals surface area contributed by atoms with E-state index in [2.05, 4.69) is 25.3 Å². The molecule has 0 saturated heterocycles. The molecule has 5 aromatic rings. The first kappa shape index (κ1) is 32.5. The summed E-state index contributed by atoms with van der Waals surface area (Å²) in [7, 11) is -10.2. The van der Waals surface area contributed by atoms with Crippen molar-refractivity contribution in [2.75, 3.05) is 5.32 Å². The second kappa shape index (κ2) is 13.7. The number of pyridine rings is 2. The molecule has 192 valence electrons. The molecule has 0 atom stereocenters. The molecule has 3 aromatic heterocycles. The van der Waals surface area contributed by atoms with E-state index in [0.29, 0.717) is 17.9 Å². The molecule has 3 heterocycles. The van der Waals surface area contributed by atoms with E-state index < -0.39 is 22.7 Å². The normalized spacial score (nSPS) is 11.3. The van der Waals surface area contributed by atoms with Gasteiger partial charge in [0, 0.05) is 31.9 Å². The first-order chi connectivity index (χ1) is 18.2. The van der Waals surface area contributed by atoms with Gasteiger partial charge in [-0.25, -0.2) is 18.4 Å². The predicted octanol–water partition coefficient (Wildman–Crippen LogP) is -3.52. The van der Waals surface area contributed by atoms with E-state index in [-0.39, 0.29) is 70.5 Å². The molecular formula is C25H19N6Na2O5PS. The van der Waals surface area contributed by atoms with Crippen LogP contribution in [0.15, 0.2) is 96.3 Å². The van der Waals surface area contributed by atoms with Gasteiger partial charge in [-0.2, -0.15) is 4.49 Å². The number of hydrogen-bond acceptors (Lipinski definition) is 10. The molecule has 0 saturated carbocycles. The van der Waals surface area contributed by atoms with Crippen LogP contribution in [0, 0.1) is 0 Å². The molecule has 0 unspecified atom stereocenters. The molecule has 2 N–H and O–H groups in total. The minimum absolute atomic E-state index is 0. The van der Waals surface area contributed by atoms with Gasteiger partial charge in [-0.3, -0.25) is 9.97 Å². The minimum atomic E-state index is -5.57. The predicted molar refractivity (Wildman–Crippen MR) is 138 cm³/mol. The molecule has 0 amide bonds. The van der Waals surface area contributed by atoms with Crippen LogP contribution in [0.1, 0.15) is 5.69 Å². The molecule has 0 aliphatic rings. The fourth-order valence-corrected chi connectivity index (χ4v) is 5.94. The van der Waals surface area contributed by atoms with E-state index in [0.717, 1.165) is 39.0 Å². The molecule has 0 bridgehead atoms. The average Bonchev–Trinajstić information content (AvgIpc) is 2.91. The Labute approximate surface area is 274 Å². The van der Waals surface area contributed by atoms with Crippen LogP contribution in [0.5, 0.6) is 0 Å². The molecule has 0 radical (unpaired) electrons. The molecule has 2 aromatic carbocycles. The standard InChI is InChI=1S/C25H21N6O5PS.2Na/c32-37(33,34)31-38(35,36)20-13-18(14-26-16-20)24-29-22-11-6-10-21(17-7-2-1-3-8-17)23(22)25(30-24)28-15-19-9-4-5-12-27-19;;/h1-14,16H,15H2,(H,28,29,30)(H3,31,32,33,34);;/q;2*+1/p-2.